The zero-order chi connectivity index (χ0) is 20.7. The molecule has 1 saturated heterocycles. The summed E-state index contributed by atoms with van der Waals surface area (Å²) in [5.41, 5.74) is 2.72. The van der Waals surface area contributed by atoms with E-state index in [1.807, 2.05) is 43.3 Å². The normalized spacial score (nSPS) is 21.9. The summed E-state index contributed by atoms with van der Waals surface area (Å²) in [6.45, 7) is 4.38. The van der Waals surface area contributed by atoms with Gasteiger partial charge in [0.1, 0.15) is 11.4 Å². The fourth-order valence-electron chi connectivity index (χ4n) is 4.97. The summed E-state index contributed by atoms with van der Waals surface area (Å²) < 4.78 is 6.42. The Morgan fingerprint density at radius 3 is 2.60 bits per heavy atom. The van der Waals surface area contributed by atoms with Crippen LogP contribution < -0.4 is 4.74 Å². The predicted molar refractivity (Wildman–Crippen MR) is 119 cm³/mol. The third-order valence-electron chi connectivity index (χ3n) is 6.77. The highest BCUT2D eigenvalue weighted by Gasteiger charge is 2.43. The summed E-state index contributed by atoms with van der Waals surface area (Å²) in [5, 5.41) is 23.9. The van der Waals surface area contributed by atoms with Crippen molar-refractivity contribution in [1.82, 2.24) is 4.90 Å². The third kappa shape index (κ3) is 3.71. The van der Waals surface area contributed by atoms with Gasteiger partial charge in [-0.2, -0.15) is 0 Å². The molecule has 5 rings (SSSR count). The first kappa shape index (κ1) is 19.6. The van der Waals surface area contributed by atoms with E-state index in [-0.39, 0.29) is 5.60 Å². The molecule has 30 heavy (non-hydrogen) atoms. The molecule has 0 saturated carbocycles. The second kappa shape index (κ2) is 7.69. The second-order valence-electron chi connectivity index (χ2n) is 8.97. The summed E-state index contributed by atoms with van der Waals surface area (Å²) in [4.78, 5) is 2.31. The zero-order valence-corrected chi connectivity index (χ0v) is 17.4. The smallest absolute Gasteiger partial charge is 0.125 e. The van der Waals surface area contributed by atoms with Crippen molar-refractivity contribution in [3.63, 3.8) is 0 Å². The van der Waals surface area contributed by atoms with Crippen molar-refractivity contribution in [3.8, 4) is 5.75 Å². The van der Waals surface area contributed by atoms with Crippen LogP contribution in [0.5, 0.6) is 5.75 Å². The Bertz CT molecular complexity index is 1060. The van der Waals surface area contributed by atoms with Crippen LogP contribution in [0.2, 0.25) is 0 Å². The van der Waals surface area contributed by atoms with Crippen LogP contribution in [0.15, 0.2) is 60.7 Å². The van der Waals surface area contributed by atoms with Gasteiger partial charge in [-0.1, -0.05) is 48.0 Å². The minimum atomic E-state index is -0.509. The van der Waals surface area contributed by atoms with Crippen LogP contribution in [0.4, 0.5) is 0 Å². The van der Waals surface area contributed by atoms with Crippen molar-refractivity contribution < 1.29 is 14.9 Å². The fourth-order valence-corrected chi connectivity index (χ4v) is 4.97. The fraction of sp³-hybridized carbons (Fsp3) is 0.385. The van der Waals surface area contributed by atoms with Gasteiger partial charge in [0.25, 0.3) is 0 Å². The minimum Gasteiger partial charge on any atom is -0.487 e. The molecular weight excluding hydrogens is 374 g/mol. The summed E-state index contributed by atoms with van der Waals surface area (Å²) in [6, 6.07) is 20.5. The molecule has 0 bridgehead atoms. The van der Waals surface area contributed by atoms with Crippen molar-refractivity contribution in [3.05, 3.63) is 77.4 Å². The molecule has 0 unspecified atom stereocenters. The van der Waals surface area contributed by atoms with E-state index < -0.39 is 12.2 Å². The summed E-state index contributed by atoms with van der Waals surface area (Å²) in [7, 11) is 0. The van der Waals surface area contributed by atoms with Gasteiger partial charge in [0, 0.05) is 31.6 Å². The first-order valence-corrected chi connectivity index (χ1v) is 10.9. The molecule has 2 aliphatic rings. The maximum absolute atomic E-state index is 10.8. The van der Waals surface area contributed by atoms with E-state index >= 15 is 0 Å². The largest absolute Gasteiger partial charge is 0.487 e. The Morgan fingerprint density at radius 2 is 1.80 bits per heavy atom. The van der Waals surface area contributed by atoms with Gasteiger partial charge in [0.15, 0.2) is 0 Å². The van der Waals surface area contributed by atoms with E-state index in [9.17, 15) is 10.2 Å². The molecule has 0 aliphatic carbocycles. The van der Waals surface area contributed by atoms with Crippen molar-refractivity contribution >= 4 is 10.8 Å². The Hall–Kier alpha value is -2.40. The number of piperidine rings is 1. The molecule has 2 aliphatic heterocycles. The van der Waals surface area contributed by atoms with Gasteiger partial charge in [-0.3, -0.25) is 0 Å². The van der Waals surface area contributed by atoms with Crippen LogP contribution in [0.3, 0.4) is 0 Å². The van der Waals surface area contributed by atoms with E-state index in [1.165, 1.54) is 5.39 Å². The maximum Gasteiger partial charge on any atom is 0.125 e. The number of benzene rings is 3. The van der Waals surface area contributed by atoms with Gasteiger partial charge in [-0.15, -0.1) is 0 Å². The average molecular weight is 404 g/mol. The Morgan fingerprint density at radius 1 is 1.03 bits per heavy atom. The van der Waals surface area contributed by atoms with E-state index in [0.717, 1.165) is 53.8 Å². The van der Waals surface area contributed by atoms with Crippen molar-refractivity contribution in [2.75, 3.05) is 19.6 Å². The monoisotopic (exact) mass is 403 g/mol. The van der Waals surface area contributed by atoms with Gasteiger partial charge in [0.2, 0.25) is 0 Å². The first-order valence-electron chi connectivity index (χ1n) is 10.9. The number of fused-ring (bicyclic) bond motifs is 2. The summed E-state index contributed by atoms with van der Waals surface area (Å²) in [6.07, 6.45) is 1.39. The highest BCUT2D eigenvalue weighted by atomic mass is 16.5. The number of rotatable bonds is 3. The van der Waals surface area contributed by atoms with Gasteiger partial charge in [0.05, 0.1) is 12.2 Å². The molecule has 0 amide bonds. The number of aliphatic hydroxyl groups excluding tert-OH is 2. The predicted octanol–water partition coefficient (Wildman–Crippen LogP) is 4.53. The minimum absolute atomic E-state index is 0.300. The SMILES string of the molecule is Cc1ccc2c(c1)[C@@H](O)CC1(CCN(C[C@@H](O)c3ccc4ccccc4c3)CC1)O2. The van der Waals surface area contributed by atoms with Crippen LogP contribution in [0.25, 0.3) is 10.8 Å². The molecule has 2 N–H and O–H groups in total. The first-order chi connectivity index (χ1) is 14.5. The Kier molecular flexibility index (Phi) is 5.02. The van der Waals surface area contributed by atoms with Crippen molar-refractivity contribution in [2.45, 2.75) is 44.0 Å². The number of nitrogens with zero attached hydrogens (tertiary/aromatic N) is 1. The third-order valence-corrected chi connectivity index (χ3v) is 6.77. The molecule has 4 nitrogen and oxygen atoms in total. The molecule has 1 spiro atoms. The highest BCUT2D eigenvalue weighted by Crippen LogP contribution is 2.44. The molecule has 1 fully saturated rings. The molecule has 0 aromatic heterocycles. The lowest BCUT2D eigenvalue weighted by molar-refractivity contribution is -0.0588. The van der Waals surface area contributed by atoms with Crippen LogP contribution in [-0.2, 0) is 0 Å². The molecule has 2 heterocycles. The van der Waals surface area contributed by atoms with E-state index in [0.29, 0.717) is 13.0 Å². The number of aryl methyl sites for hydroxylation is 1. The van der Waals surface area contributed by atoms with Gasteiger partial charge in [-0.25, -0.2) is 0 Å². The lowest BCUT2D eigenvalue weighted by atomic mass is 9.81. The molecule has 0 radical (unpaired) electrons. The average Bonchev–Trinajstić information content (AvgIpc) is 2.76. The van der Waals surface area contributed by atoms with E-state index in [2.05, 4.69) is 29.2 Å². The number of hydrogen-bond acceptors (Lipinski definition) is 4. The van der Waals surface area contributed by atoms with Gasteiger partial charge < -0.3 is 19.8 Å². The molecular formula is C26H29NO3. The van der Waals surface area contributed by atoms with Crippen LogP contribution in [-0.4, -0.2) is 40.3 Å². The number of likely N-dealkylation sites (tertiary alicyclic amines) is 1. The van der Waals surface area contributed by atoms with E-state index in [1.54, 1.807) is 0 Å². The lowest BCUT2D eigenvalue weighted by Gasteiger charge is -2.46. The quantitative estimate of drug-likeness (QED) is 0.675. The number of ether oxygens (including phenoxy) is 1. The van der Waals surface area contributed by atoms with Gasteiger partial charge >= 0.3 is 0 Å². The summed E-state index contributed by atoms with van der Waals surface area (Å²) >= 11 is 0. The van der Waals surface area contributed by atoms with Crippen LogP contribution in [0, 0.1) is 6.92 Å². The number of β-amino-alcohol motifs (C(OH)–C–C–N with tert-alkyl or cyclic N) is 1. The molecule has 2 atom stereocenters. The number of hydrogen-bond donors (Lipinski definition) is 2. The van der Waals surface area contributed by atoms with Crippen LogP contribution >= 0.6 is 0 Å². The lowest BCUT2D eigenvalue weighted by Crippen LogP contribution is -2.51. The topological polar surface area (TPSA) is 52.9 Å². The standard InChI is InChI=1S/C26H29NO3/c1-18-6-9-25-22(14-18)23(28)16-26(30-25)10-12-27(13-11-26)17-24(29)21-8-7-19-4-2-3-5-20(19)15-21/h2-9,14-15,23-24,28-29H,10-13,16-17H2,1H3/t23-,24+/m0/s1. The molecule has 3 aromatic carbocycles. The van der Waals surface area contributed by atoms with Gasteiger partial charge in [-0.05, 0) is 54.3 Å². The molecule has 3 aromatic rings. The maximum atomic E-state index is 10.8. The highest BCUT2D eigenvalue weighted by molar-refractivity contribution is 5.83. The van der Waals surface area contributed by atoms with Crippen molar-refractivity contribution in [1.29, 1.82) is 0 Å². The molecule has 156 valence electrons. The second-order valence-corrected chi connectivity index (χ2v) is 8.97. The summed E-state index contributed by atoms with van der Waals surface area (Å²) in [5.74, 6) is 0.823. The van der Waals surface area contributed by atoms with Crippen LogP contribution in [0.1, 0.15) is 48.2 Å². The Labute approximate surface area is 177 Å². The molecule has 4 heteroatoms. The Balaban J connectivity index is 1.24. The number of aliphatic hydroxyl groups is 2. The van der Waals surface area contributed by atoms with E-state index in [4.69, 9.17) is 4.74 Å². The van der Waals surface area contributed by atoms with Crippen molar-refractivity contribution in [2.24, 2.45) is 0 Å². The zero-order valence-electron chi connectivity index (χ0n) is 17.4.